The van der Waals surface area contributed by atoms with E-state index < -0.39 is 12.0 Å². The van der Waals surface area contributed by atoms with Crippen LogP contribution in [-0.2, 0) is 4.74 Å². The van der Waals surface area contributed by atoms with Crippen LogP contribution in [0.4, 0.5) is 0 Å². The van der Waals surface area contributed by atoms with Crippen LogP contribution < -0.4 is 25.3 Å². The van der Waals surface area contributed by atoms with Gasteiger partial charge >= 0.3 is 0 Å². The van der Waals surface area contributed by atoms with E-state index in [-0.39, 0.29) is 25.3 Å². The summed E-state index contributed by atoms with van der Waals surface area (Å²) in [6.45, 7) is 2.23. The molecule has 0 radical (unpaired) electrons. The quantitative estimate of drug-likeness (QED) is 0.328. The molecule has 0 aliphatic rings. The molecule has 1 atom stereocenters. The average Bonchev–Trinajstić information content (AvgIpc) is 2.74. The lowest BCUT2D eigenvalue weighted by molar-refractivity contribution is 0.0996. The van der Waals surface area contributed by atoms with E-state index in [1.165, 1.54) is 12.1 Å². The number of benzene rings is 2. The minimum absolute atomic E-state index is 0. The number of aromatic hydroxyl groups is 1. The summed E-state index contributed by atoms with van der Waals surface area (Å²) in [5.74, 6) is 0.853. The molecule has 31 heavy (non-hydrogen) atoms. The first-order valence-electron chi connectivity index (χ1n) is 9.48. The molecule has 2 aromatic rings. The largest absolute Gasteiger partial charge is 0.507 e. The molecule has 2 rings (SSSR count). The van der Waals surface area contributed by atoms with Crippen LogP contribution >= 0.6 is 0 Å². The van der Waals surface area contributed by atoms with Crippen molar-refractivity contribution in [1.29, 1.82) is 0 Å². The van der Waals surface area contributed by atoms with Crippen molar-refractivity contribution in [1.82, 2.24) is 5.32 Å². The van der Waals surface area contributed by atoms with Crippen molar-refractivity contribution in [3.05, 3.63) is 48.0 Å². The lowest BCUT2D eigenvalue weighted by atomic mass is 10.2. The number of carbonyl (C=O) groups excluding carboxylic acids is 1. The third kappa shape index (κ3) is 9.56. The molecule has 0 aliphatic carbocycles. The maximum absolute atomic E-state index is 11.2. The molecule has 0 saturated heterocycles. The Morgan fingerprint density at radius 1 is 1.00 bits per heavy atom. The summed E-state index contributed by atoms with van der Waals surface area (Å²) >= 11 is 0. The number of aliphatic hydroxyl groups excluding tert-OH is 1. The number of rotatable bonds is 14. The van der Waals surface area contributed by atoms with Crippen molar-refractivity contribution in [2.45, 2.75) is 13.5 Å². The Morgan fingerprint density at radius 2 is 1.61 bits per heavy atom. The number of hydrogen-bond acceptors (Lipinski definition) is 8. The van der Waals surface area contributed by atoms with E-state index in [1.807, 2.05) is 0 Å². The second-order valence-electron chi connectivity index (χ2n) is 6.37. The first kappa shape index (κ1) is 26.0. The number of nitrogens with one attached hydrogen (secondary N) is 1. The zero-order chi connectivity index (χ0) is 21.8. The predicted molar refractivity (Wildman–Crippen MR) is 117 cm³/mol. The number of nitrogens with two attached hydrogens (primary N) is 1. The van der Waals surface area contributed by atoms with Gasteiger partial charge in [0.15, 0.2) is 0 Å². The number of carbonyl (C=O) groups is 1. The number of primary amides is 1. The highest BCUT2D eigenvalue weighted by molar-refractivity contribution is 5.95. The van der Waals surface area contributed by atoms with Crippen LogP contribution in [0.5, 0.6) is 23.0 Å². The van der Waals surface area contributed by atoms with E-state index in [1.54, 1.807) is 37.4 Å². The third-order valence-electron chi connectivity index (χ3n) is 3.98. The molecule has 172 valence electrons. The third-order valence-corrected chi connectivity index (χ3v) is 3.98. The molecule has 5 N–H and O–H groups in total. The van der Waals surface area contributed by atoms with Crippen molar-refractivity contribution >= 4 is 5.91 Å². The smallest absolute Gasteiger partial charge is 0.252 e. The lowest BCUT2D eigenvalue weighted by Crippen LogP contribution is -2.33. The molecule has 0 fully saturated rings. The zero-order valence-electron chi connectivity index (χ0n) is 16.9. The van der Waals surface area contributed by atoms with E-state index in [4.69, 9.17) is 24.7 Å². The zero-order valence-corrected chi connectivity index (χ0v) is 16.9. The molecule has 1 unspecified atom stereocenters. The average molecular weight is 437 g/mol. The molecule has 0 heterocycles. The molecule has 0 bridgehead atoms. The fourth-order valence-electron chi connectivity index (χ4n) is 2.44. The second kappa shape index (κ2) is 14.1. The Kier molecular flexibility index (Phi) is 11.8. The lowest BCUT2D eigenvalue weighted by Gasteiger charge is -2.14. The molecule has 9 heteroatoms. The Morgan fingerprint density at radius 3 is 2.26 bits per heavy atom. The van der Waals surface area contributed by atoms with Gasteiger partial charge in [0, 0.05) is 20.2 Å². The molecular weight excluding hydrogens is 404 g/mol. The molecular formula is C22H32N2O7. The summed E-state index contributed by atoms with van der Waals surface area (Å²) in [4.78, 5) is 11.2. The minimum atomic E-state index is -0.729. The van der Waals surface area contributed by atoms with Crippen LogP contribution in [-0.4, -0.2) is 68.9 Å². The summed E-state index contributed by atoms with van der Waals surface area (Å²) in [6, 6.07) is 11.4. The first-order valence-corrected chi connectivity index (χ1v) is 9.48. The summed E-state index contributed by atoms with van der Waals surface area (Å²) in [5.41, 5.74) is 5.18. The van der Waals surface area contributed by atoms with Gasteiger partial charge in [-0.2, -0.15) is 0 Å². The van der Waals surface area contributed by atoms with Crippen LogP contribution in [0.15, 0.2) is 42.5 Å². The van der Waals surface area contributed by atoms with Crippen molar-refractivity contribution in [2.75, 3.05) is 46.6 Å². The van der Waals surface area contributed by atoms with E-state index in [0.29, 0.717) is 44.4 Å². The topological polar surface area (TPSA) is 132 Å². The van der Waals surface area contributed by atoms with Gasteiger partial charge in [0.05, 0.1) is 12.2 Å². The molecule has 0 spiro atoms. The Hall–Kier alpha value is -3.01. The molecule has 9 nitrogen and oxygen atoms in total. The summed E-state index contributed by atoms with van der Waals surface area (Å²) < 4.78 is 21.4. The Bertz CT molecular complexity index is 784. The fraction of sp³-hybridized carbons (Fsp3) is 0.409. The van der Waals surface area contributed by atoms with Crippen LogP contribution in [0.2, 0.25) is 0 Å². The maximum atomic E-state index is 11.2. The molecule has 1 amide bonds. The van der Waals surface area contributed by atoms with E-state index in [9.17, 15) is 15.0 Å². The fourth-order valence-corrected chi connectivity index (χ4v) is 2.44. The van der Waals surface area contributed by atoms with Gasteiger partial charge in [-0.05, 0) is 42.5 Å². The maximum Gasteiger partial charge on any atom is 0.252 e. The first-order chi connectivity index (χ1) is 14.5. The van der Waals surface area contributed by atoms with Gasteiger partial charge in [0.2, 0.25) is 0 Å². The van der Waals surface area contributed by atoms with Crippen molar-refractivity contribution in [2.24, 2.45) is 5.73 Å². The van der Waals surface area contributed by atoms with Crippen LogP contribution in [0, 0.1) is 0 Å². The Balaban J connectivity index is 0.00000480. The number of amides is 1. The highest BCUT2D eigenvalue weighted by atomic mass is 16.5. The highest BCUT2D eigenvalue weighted by Gasteiger charge is 2.09. The van der Waals surface area contributed by atoms with E-state index in [2.05, 4.69) is 5.32 Å². The van der Waals surface area contributed by atoms with E-state index >= 15 is 0 Å². The highest BCUT2D eigenvalue weighted by Crippen LogP contribution is 2.22. The van der Waals surface area contributed by atoms with Gasteiger partial charge < -0.3 is 40.2 Å². The predicted octanol–water partition coefficient (Wildman–Crippen LogP) is 1.56. The normalized spacial score (nSPS) is 11.3. The van der Waals surface area contributed by atoms with Crippen molar-refractivity contribution < 1.29 is 34.0 Å². The number of hydrogen-bond donors (Lipinski definition) is 4. The van der Waals surface area contributed by atoms with Gasteiger partial charge in [0.1, 0.15) is 48.9 Å². The van der Waals surface area contributed by atoms with Crippen LogP contribution in [0.1, 0.15) is 17.8 Å². The number of ether oxygens (including phenoxy) is 4. The van der Waals surface area contributed by atoms with Gasteiger partial charge in [-0.25, -0.2) is 0 Å². The van der Waals surface area contributed by atoms with Gasteiger partial charge in [-0.15, -0.1) is 0 Å². The Labute approximate surface area is 182 Å². The SMILES string of the molecule is C.COCCOc1ccc(OCC(O)CNCCOc2ccc(O)c(C(N)=O)c2)cc1. The summed E-state index contributed by atoms with van der Waals surface area (Å²) in [5, 5.41) is 22.6. The standard InChI is InChI=1S/C21H28N2O7.CH4/c1-27-10-11-29-16-2-4-17(5-3-16)30-14-15(24)13-23-8-9-28-18-6-7-20(25)19(12-18)21(22)26;/h2-7,12,15,23-25H,8-11,13-14H2,1H3,(H2,22,26);1H4. The second-order valence-corrected chi connectivity index (χ2v) is 6.37. The van der Waals surface area contributed by atoms with E-state index in [0.717, 1.165) is 5.75 Å². The van der Waals surface area contributed by atoms with Gasteiger partial charge in [-0.1, -0.05) is 7.43 Å². The van der Waals surface area contributed by atoms with Crippen LogP contribution in [0.25, 0.3) is 0 Å². The van der Waals surface area contributed by atoms with Gasteiger partial charge in [0.25, 0.3) is 5.91 Å². The molecule has 2 aromatic carbocycles. The summed E-state index contributed by atoms with van der Waals surface area (Å²) in [7, 11) is 1.62. The number of aliphatic hydroxyl groups is 1. The number of phenols is 1. The monoisotopic (exact) mass is 436 g/mol. The van der Waals surface area contributed by atoms with Gasteiger partial charge in [-0.3, -0.25) is 4.79 Å². The molecule has 0 aliphatic heterocycles. The minimum Gasteiger partial charge on any atom is -0.507 e. The summed E-state index contributed by atoms with van der Waals surface area (Å²) in [6.07, 6.45) is -0.697. The molecule has 0 aromatic heterocycles. The number of methoxy groups -OCH3 is 1. The van der Waals surface area contributed by atoms with Crippen molar-refractivity contribution in [3.8, 4) is 23.0 Å². The molecule has 0 saturated carbocycles. The van der Waals surface area contributed by atoms with Crippen molar-refractivity contribution in [3.63, 3.8) is 0 Å². The van der Waals surface area contributed by atoms with Crippen LogP contribution in [0.3, 0.4) is 0 Å².